The highest BCUT2D eigenvalue weighted by atomic mass is 35.5. The van der Waals surface area contributed by atoms with E-state index in [2.05, 4.69) is 5.32 Å². The topological polar surface area (TPSA) is 64.3 Å². The number of nitrogens with one attached hydrogen (secondary N) is 1. The molecular formula is C14H19ClN2O2. The van der Waals surface area contributed by atoms with Crippen LogP contribution in [0, 0.1) is 0 Å². The fourth-order valence-corrected chi connectivity index (χ4v) is 2.11. The first-order valence-corrected chi connectivity index (χ1v) is 6.69. The summed E-state index contributed by atoms with van der Waals surface area (Å²) in [6, 6.07) is 5.81. The highest BCUT2D eigenvalue weighted by Gasteiger charge is 2.35. The van der Waals surface area contributed by atoms with Gasteiger partial charge in [-0.05, 0) is 44.9 Å². The van der Waals surface area contributed by atoms with Crippen LogP contribution >= 0.6 is 11.6 Å². The number of rotatable bonds is 2. The van der Waals surface area contributed by atoms with Gasteiger partial charge in [-0.2, -0.15) is 0 Å². The van der Waals surface area contributed by atoms with Gasteiger partial charge in [-0.3, -0.25) is 5.32 Å². The molecular weight excluding hydrogens is 264 g/mol. The van der Waals surface area contributed by atoms with Crippen LogP contribution in [-0.4, -0.2) is 17.7 Å². The fraction of sp³-hybridized carbons (Fsp3) is 0.500. The van der Waals surface area contributed by atoms with Gasteiger partial charge in [0, 0.05) is 12.0 Å². The van der Waals surface area contributed by atoms with Gasteiger partial charge in [0.1, 0.15) is 5.60 Å². The van der Waals surface area contributed by atoms with Crippen LogP contribution in [0.5, 0.6) is 0 Å². The molecule has 0 aliphatic heterocycles. The Labute approximate surface area is 118 Å². The zero-order valence-corrected chi connectivity index (χ0v) is 12.1. The van der Waals surface area contributed by atoms with E-state index in [1.807, 2.05) is 32.9 Å². The molecule has 104 valence electrons. The van der Waals surface area contributed by atoms with Crippen LogP contribution < -0.4 is 11.1 Å². The molecule has 1 saturated carbocycles. The molecule has 1 aromatic carbocycles. The Morgan fingerprint density at radius 2 is 2.11 bits per heavy atom. The zero-order chi connectivity index (χ0) is 14.2. The predicted octanol–water partition coefficient (Wildman–Crippen LogP) is 3.50. The van der Waals surface area contributed by atoms with Crippen LogP contribution in [0.15, 0.2) is 18.2 Å². The average Bonchev–Trinajstić information content (AvgIpc) is 2.96. The molecule has 0 aromatic heterocycles. The molecule has 1 aliphatic rings. The molecule has 2 rings (SSSR count). The van der Waals surface area contributed by atoms with Crippen molar-refractivity contribution in [2.75, 3.05) is 5.32 Å². The lowest BCUT2D eigenvalue weighted by atomic mass is 10.1. The first kappa shape index (κ1) is 14.2. The van der Waals surface area contributed by atoms with Crippen molar-refractivity contribution in [3.05, 3.63) is 28.8 Å². The Balaban J connectivity index is 2.03. The summed E-state index contributed by atoms with van der Waals surface area (Å²) in [5.74, 6) is 0.396. The summed E-state index contributed by atoms with van der Waals surface area (Å²) in [4.78, 5) is 11.7. The minimum atomic E-state index is -0.530. The van der Waals surface area contributed by atoms with E-state index in [1.165, 1.54) is 0 Å². The van der Waals surface area contributed by atoms with Crippen molar-refractivity contribution in [2.24, 2.45) is 5.73 Å². The van der Waals surface area contributed by atoms with Crippen molar-refractivity contribution in [1.29, 1.82) is 0 Å². The van der Waals surface area contributed by atoms with Gasteiger partial charge in [-0.1, -0.05) is 17.7 Å². The zero-order valence-electron chi connectivity index (χ0n) is 11.4. The molecule has 0 bridgehead atoms. The molecule has 0 heterocycles. The number of ether oxygens (including phenoxy) is 1. The third-order valence-corrected chi connectivity index (χ3v) is 3.21. The van der Waals surface area contributed by atoms with Gasteiger partial charge in [0.2, 0.25) is 0 Å². The largest absolute Gasteiger partial charge is 0.444 e. The summed E-state index contributed by atoms with van der Waals surface area (Å²) >= 11 is 6.15. The van der Waals surface area contributed by atoms with E-state index in [0.717, 1.165) is 12.0 Å². The molecule has 1 fully saturated rings. The summed E-state index contributed by atoms with van der Waals surface area (Å²) in [6.07, 6.45) is 0.486. The van der Waals surface area contributed by atoms with Gasteiger partial charge in [0.05, 0.1) is 10.7 Å². The van der Waals surface area contributed by atoms with Crippen molar-refractivity contribution in [3.8, 4) is 0 Å². The molecule has 2 atom stereocenters. The van der Waals surface area contributed by atoms with Crippen LogP contribution in [0.25, 0.3) is 0 Å². The SMILES string of the molecule is CC(C)(C)OC(=O)Nc1ccc([C@@H]2C[C@H]2N)cc1Cl. The standard InChI is InChI=1S/C14H19ClN2O2/c1-14(2,3)19-13(18)17-12-5-4-8(6-10(12)15)9-7-11(9)16/h4-6,9,11H,7,16H2,1-3H3,(H,17,18)/t9-,11+/m0/s1. The molecule has 0 unspecified atom stereocenters. The lowest BCUT2D eigenvalue weighted by Gasteiger charge is -2.20. The number of benzene rings is 1. The number of anilines is 1. The van der Waals surface area contributed by atoms with Gasteiger partial charge in [0.15, 0.2) is 0 Å². The number of halogens is 1. The molecule has 1 aliphatic carbocycles. The van der Waals surface area contributed by atoms with Crippen LogP contribution in [0.4, 0.5) is 10.5 Å². The lowest BCUT2D eigenvalue weighted by Crippen LogP contribution is -2.27. The monoisotopic (exact) mass is 282 g/mol. The fourth-order valence-electron chi connectivity index (χ4n) is 1.87. The van der Waals surface area contributed by atoms with E-state index in [1.54, 1.807) is 6.07 Å². The van der Waals surface area contributed by atoms with Crippen LogP contribution in [0.3, 0.4) is 0 Å². The molecule has 19 heavy (non-hydrogen) atoms. The van der Waals surface area contributed by atoms with Gasteiger partial charge < -0.3 is 10.5 Å². The van der Waals surface area contributed by atoms with E-state index >= 15 is 0 Å². The summed E-state index contributed by atoms with van der Waals surface area (Å²) in [5, 5.41) is 3.14. The Hall–Kier alpha value is -1.26. The quantitative estimate of drug-likeness (QED) is 0.872. The Morgan fingerprint density at radius 1 is 1.47 bits per heavy atom. The van der Waals surface area contributed by atoms with E-state index in [4.69, 9.17) is 22.1 Å². The molecule has 0 spiro atoms. The molecule has 4 nitrogen and oxygen atoms in total. The first-order chi connectivity index (χ1) is 8.76. The summed E-state index contributed by atoms with van der Waals surface area (Å²) in [5.41, 5.74) is 6.94. The molecule has 0 radical (unpaired) electrons. The number of amides is 1. The van der Waals surface area contributed by atoms with Gasteiger partial charge in [-0.15, -0.1) is 0 Å². The maximum atomic E-state index is 11.7. The number of carbonyl (C=O) groups excluding carboxylic acids is 1. The van der Waals surface area contributed by atoms with E-state index in [0.29, 0.717) is 16.6 Å². The minimum Gasteiger partial charge on any atom is -0.444 e. The number of hydrogen-bond donors (Lipinski definition) is 2. The molecule has 1 aromatic rings. The minimum absolute atomic E-state index is 0.237. The van der Waals surface area contributed by atoms with Crippen LogP contribution in [-0.2, 0) is 4.74 Å². The smallest absolute Gasteiger partial charge is 0.412 e. The van der Waals surface area contributed by atoms with Crippen LogP contribution in [0.1, 0.15) is 38.7 Å². The highest BCUT2D eigenvalue weighted by molar-refractivity contribution is 6.33. The summed E-state index contributed by atoms with van der Waals surface area (Å²) in [6.45, 7) is 5.43. The Morgan fingerprint density at radius 3 is 2.58 bits per heavy atom. The second kappa shape index (κ2) is 5.02. The van der Waals surface area contributed by atoms with Crippen LogP contribution in [0.2, 0.25) is 5.02 Å². The highest BCUT2D eigenvalue weighted by Crippen LogP contribution is 2.40. The van der Waals surface area contributed by atoms with Gasteiger partial charge >= 0.3 is 6.09 Å². The van der Waals surface area contributed by atoms with E-state index in [9.17, 15) is 4.79 Å². The van der Waals surface area contributed by atoms with Gasteiger partial charge in [0.25, 0.3) is 0 Å². The lowest BCUT2D eigenvalue weighted by molar-refractivity contribution is 0.0636. The average molecular weight is 283 g/mol. The Kier molecular flexibility index (Phi) is 3.74. The maximum Gasteiger partial charge on any atom is 0.412 e. The van der Waals surface area contributed by atoms with E-state index in [-0.39, 0.29) is 6.04 Å². The van der Waals surface area contributed by atoms with Crippen molar-refractivity contribution in [1.82, 2.24) is 0 Å². The van der Waals surface area contributed by atoms with Crippen molar-refractivity contribution in [3.63, 3.8) is 0 Å². The third kappa shape index (κ3) is 3.85. The van der Waals surface area contributed by atoms with Crippen molar-refractivity contribution >= 4 is 23.4 Å². The molecule has 1 amide bonds. The third-order valence-electron chi connectivity index (χ3n) is 2.90. The van der Waals surface area contributed by atoms with Gasteiger partial charge in [-0.25, -0.2) is 4.79 Å². The van der Waals surface area contributed by atoms with E-state index < -0.39 is 11.7 Å². The Bertz CT molecular complexity index is 497. The maximum absolute atomic E-state index is 11.7. The second-order valence-corrected chi connectivity index (χ2v) is 6.28. The molecule has 3 N–H and O–H groups in total. The molecule has 5 heteroatoms. The predicted molar refractivity (Wildman–Crippen MR) is 76.6 cm³/mol. The van der Waals surface area contributed by atoms with Crippen molar-refractivity contribution in [2.45, 2.75) is 44.8 Å². The summed E-state index contributed by atoms with van der Waals surface area (Å²) < 4.78 is 5.18. The normalized spacial score (nSPS) is 21.9. The first-order valence-electron chi connectivity index (χ1n) is 6.31. The number of carbonyl (C=O) groups is 1. The second-order valence-electron chi connectivity index (χ2n) is 5.87. The number of nitrogens with two attached hydrogens (primary N) is 1. The van der Waals surface area contributed by atoms with Crippen molar-refractivity contribution < 1.29 is 9.53 Å². The molecule has 0 saturated heterocycles. The number of hydrogen-bond acceptors (Lipinski definition) is 3. The summed E-state index contributed by atoms with van der Waals surface area (Å²) in [7, 11) is 0.